The highest BCUT2D eigenvalue weighted by atomic mass is 16.5. The Labute approximate surface area is 203 Å². The zero-order chi connectivity index (χ0) is 24.0. The smallest absolute Gasteiger partial charge is 0.148 e. The van der Waals surface area contributed by atoms with Gasteiger partial charge < -0.3 is 4.74 Å². The molecule has 0 spiro atoms. The van der Waals surface area contributed by atoms with Crippen LogP contribution in [0.4, 0.5) is 5.82 Å². The maximum absolute atomic E-state index is 6.10. The van der Waals surface area contributed by atoms with Gasteiger partial charge in [-0.05, 0) is 25.1 Å². The van der Waals surface area contributed by atoms with E-state index in [9.17, 15) is 0 Å². The molecule has 0 aliphatic carbocycles. The van der Waals surface area contributed by atoms with Crippen LogP contribution in [0.15, 0.2) is 109 Å². The lowest BCUT2D eigenvalue weighted by Gasteiger charge is -2.11. The third kappa shape index (κ3) is 5.25. The fraction of sp³-hybridized carbons (Fsp3) is 0.0714. The lowest BCUT2D eigenvalue weighted by molar-refractivity contribution is 0.475. The zero-order valence-electron chi connectivity index (χ0n) is 19.5. The molecule has 0 bridgehead atoms. The normalized spacial score (nSPS) is 10.6. The number of anilines is 1. The van der Waals surface area contributed by atoms with Crippen molar-refractivity contribution in [2.75, 3.05) is 5.43 Å². The number of benzene rings is 2. The molecular weight excluding hydrogens is 436 g/mol. The Morgan fingerprint density at radius 2 is 1.63 bits per heavy atom. The van der Waals surface area contributed by atoms with Crippen LogP contribution in [0.2, 0.25) is 0 Å². The Bertz CT molecular complexity index is 1420. The molecule has 172 valence electrons. The van der Waals surface area contributed by atoms with Crippen LogP contribution in [0.5, 0.6) is 11.5 Å². The highest BCUT2D eigenvalue weighted by molar-refractivity contribution is 6.13. The van der Waals surface area contributed by atoms with E-state index >= 15 is 0 Å². The average molecular weight is 461 g/mol. The summed E-state index contributed by atoms with van der Waals surface area (Å²) < 4.78 is 7.85. The van der Waals surface area contributed by atoms with Crippen LogP contribution in [0, 0.1) is 6.92 Å². The van der Waals surface area contributed by atoms with Crippen LogP contribution in [-0.2, 0) is 7.05 Å². The molecule has 1 N–H and O–H groups in total. The number of pyridine rings is 2. The van der Waals surface area contributed by atoms with E-state index < -0.39 is 0 Å². The molecule has 0 aliphatic rings. The Kier molecular flexibility index (Phi) is 6.30. The Hall–Kier alpha value is -4.78. The van der Waals surface area contributed by atoms with Crippen LogP contribution in [0.25, 0.3) is 11.3 Å². The molecule has 7 heteroatoms. The van der Waals surface area contributed by atoms with E-state index in [-0.39, 0.29) is 0 Å². The Balaban J connectivity index is 1.36. The average Bonchev–Trinajstić information content (AvgIpc) is 3.33. The van der Waals surface area contributed by atoms with Crippen LogP contribution >= 0.6 is 0 Å². The second-order valence-corrected chi connectivity index (χ2v) is 7.97. The van der Waals surface area contributed by atoms with E-state index in [4.69, 9.17) is 4.74 Å². The molecule has 0 fully saturated rings. The van der Waals surface area contributed by atoms with Crippen LogP contribution in [0.1, 0.15) is 16.8 Å². The molecule has 0 atom stereocenters. The highest BCUT2D eigenvalue weighted by Gasteiger charge is 2.09. The number of aryl methyl sites for hydroxylation is 2. The number of hydrogen-bond donors (Lipinski definition) is 1. The summed E-state index contributed by atoms with van der Waals surface area (Å²) >= 11 is 0. The van der Waals surface area contributed by atoms with E-state index in [0.29, 0.717) is 17.3 Å². The Morgan fingerprint density at radius 3 is 2.26 bits per heavy atom. The highest BCUT2D eigenvalue weighted by Crippen LogP contribution is 2.28. The van der Waals surface area contributed by atoms with Crippen molar-refractivity contribution in [2.45, 2.75) is 6.92 Å². The molecule has 0 aliphatic heterocycles. The predicted octanol–water partition coefficient (Wildman–Crippen LogP) is 5.84. The Morgan fingerprint density at radius 1 is 0.914 bits per heavy atom. The molecule has 5 aromatic rings. The number of nitrogens with one attached hydrogen (secondary N) is 1. The minimum Gasteiger partial charge on any atom is -0.455 e. The van der Waals surface area contributed by atoms with Gasteiger partial charge in [0.2, 0.25) is 0 Å². The standard InChI is InChI=1S/C28H24N6O/c1-20-26(35-24-15-16-29-25(17-24)23-18-30-34(2)19-23)13-14-27(31-20)32-33-28(21-9-5-3-6-10-21)22-11-7-4-8-12-22/h3-19H,1-2H3,(H,31,32). The van der Waals surface area contributed by atoms with Gasteiger partial charge in [-0.3, -0.25) is 15.1 Å². The summed E-state index contributed by atoms with van der Waals surface area (Å²) in [5.41, 5.74) is 8.45. The first-order valence-electron chi connectivity index (χ1n) is 11.2. The molecule has 2 aromatic carbocycles. The maximum Gasteiger partial charge on any atom is 0.148 e. The monoisotopic (exact) mass is 460 g/mol. The first-order chi connectivity index (χ1) is 17.2. The molecule has 7 nitrogen and oxygen atoms in total. The summed E-state index contributed by atoms with van der Waals surface area (Å²) in [7, 11) is 1.88. The maximum atomic E-state index is 6.10. The van der Waals surface area contributed by atoms with Crippen molar-refractivity contribution >= 4 is 11.5 Å². The minimum atomic E-state index is 0.630. The SMILES string of the molecule is Cc1nc(NN=C(c2ccccc2)c2ccccc2)ccc1Oc1ccnc(-c2cnn(C)c2)c1. The first kappa shape index (κ1) is 22.0. The topological polar surface area (TPSA) is 77.2 Å². The van der Waals surface area contributed by atoms with E-state index in [1.807, 2.05) is 105 Å². The van der Waals surface area contributed by atoms with Crippen LogP contribution in [0.3, 0.4) is 0 Å². The van der Waals surface area contributed by atoms with Gasteiger partial charge in [0.1, 0.15) is 17.3 Å². The summed E-state index contributed by atoms with van der Waals surface area (Å²) in [6, 6.07) is 27.6. The van der Waals surface area contributed by atoms with E-state index in [1.54, 1.807) is 17.1 Å². The van der Waals surface area contributed by atoms with Crippen molar-refractivity contribution in [1.29, 1.82) is 0 Å². The largest absolute Gasteiger partial charge is 0.455 e. The van der Waals surface area contributed by atoms with Crippen molar-refractivity contribution in [2.24, 2.45) is 12.1 Å². The molecule has 0 amide bonds. The van der Waals surface area contributed by atoms with Crippen molar-refractivity contribution in [1.82, 2.24) is 19.7 Å². The lowest BCUT2D eigenvalue weighted by Crippen LogP contribution is -2.07. The molecule has 5 rings (SSSR count). The van der Waals surface area contributed by atoms with E-state index in [0.717, 1.165) is 33.8 Å². The summed E-state index contributed by atoms with van der Waals surface area (Å²) in [6.45, 7) is 1.91. The molecule has 0 radical (unpaired) electrons. The summed E-state index contributed by atoms with van der Waals surface area (Å²) in [6.07, 6.45) is 5.41. The predicted molar refractivity (Wildman–Crippen MR) is 138 cm³/mol. The van der Waals surface area contributed by atoms with Crippen LogP contribution < -0.4 is 10.2 Å². The second-order valence-electron chi connectivity index (χ2n) is 7.97. The molecule has 0 saturated carbocycles. The molecular formula is C28H24N6O. The van der Waals surface area contributed by atoms with Crippen molar-refractivity contribution in [3.05, 3.63) is 120 Å². The third-order valence-electron chi connectivity index (χ3n) is 5.37. The molecule has 35 heavy (non-hydrogen) atoms. The molecule has 3 aromatic heterocycles. The number of ether oxygens (including phenoxy) is 1. The molecule has 3 heterocycles. The van der Waals surface area contributed by atoms with Gasteiger partial charge in [0, 0.05) is 42.2 Å². The van der Waals surface area contributed by atoms with Crippen molar-refractivity contribution in [3.63, 3.8) is 0 Å². The number of aromatic nitrogens is 4. The summed E-state index contributed by atoms with van der Waals surface area (Å²) in [5.74, 6) is 1.97. The van der Waals surface area contributed by atoms with Crippen molar-refractivity contribution in [3.8, 4) is 22.8 Å². The fourth-order valence-electron chi connectivity index (χ4n) is 3.63. The number of hydrogen-bond acceptors (Lipinski definition) is 6. The number of nitrogens with zero attached hydrogens (tertiary/aromatic N) is 5. The minimum absolute atomic E-state index is 0.630. The van der Waals surface area contributed by atoms with Gasteiger partial charge in [0.05, 0.1) is 23.3 Å². The van der Waals surface area contributed by atoms with Gasteiger partial charge in [0.15, 0.2) is 0 Å². The van der Waals surface area contributed by atoms with Gasteiger partial charge in [-0.2, -0.15) is 10.2 Å². The van der Waals surface area contributed by atoms with Crippen LogP contribution in [-0.4, -0.2) is 25.5 Å². The summed E-state index contributed by atoms with van der Waals surface area (Å²) in [4.78, 5) is 9.06. The summed E-state index contributed by atoms with van der Waals surface area (Å²) in [5, 5.41) is 8.89. The van der Waals surface area contributed by atoms with Gasteiger partial charge in [-0.1, -0.05) is 60.7 Å². The lowest BCUT2D eigenvalue weighted by atomic mass is 10.0. The van der Waals surface area contributed by atoms with Gasteiger partial charge in [-0.15, -0.1) is 0 Å². The van der Waals surface area contributed by atoms with E-state index in [2.05, 4.69) is 25.6 Å². The zero-order valence-corrected chi connectivity index (χ0v) is 19.5. The number of hydrazone groups is 1. The molecule has 0 saturated heterocycles. The number of rotatable bonds is 7. The van der Waals surface area contributed by atoms with Gasteiger partial charge in [0.25, 0.3) is 0 Å². The first-order valence-corrected chi connectivity index (χ1v) is 11.2. The van der Waals surface area contributed by atoms with Gasteiger partial charge >= 0.3 is 0 Å². The van der Waals surface area contributed by atoms with Gasteiger partial charge in [-0.25, -0.2) is 4.98 Å². The second kappa shape index (κ2) is 10.0. The fourth-order valence-corrected chi connectivity index (χ4v) is 3.63. The quantitative estimate of drug-likeness (QED) is 0.244. The third-order valence-corrected chi connectivity index (χ3v) is 5.37. The van der Waals surface area contributed by atoms with E-state index in [1.165, 1.54) is 0 Å². The van der Waals surface area contributed by atoms with Crippen molar-refractivity contribution < 1.29 is 4.74 Å². The molecule has 0 unspecified atom stereocenters.